The van der Waals surface area contributed by atoms with Gasteiger partial charge in [0.05, 0.1) is 16.3 Å². The van der Waals surface area contributed by atoms with Crippen molar-refractivity contribution in [1.29, 1.82) is 0 Å². The lowest BCUT2D eigenvalue weighted by Crippen LogP contribution is -1.89. The summed E-state index contributed by atoms with van der Waals surface area (Å²) in [6.07, 6.45) is 0. The van der Waals surface area contributed by atoms with Gasteiger partial charge in [0.15, 0.2) is 0 Å². The van der Waals surface area contributed by atoms with Gasteiger partial charge in [0.25, 0.3) is 0 Å². The highest BCUT2D eigenvalue weighted by molar-refractivity contribution is 7.21. The molecule has 1 aromatic heterocycles. The summed E-state index contributed by atoms with van der Waals surface area (Å²) in [6.45, 7) is 1.87. The average Bonchev–Trinajstić information content (AvgIpc) is 2.79. The van der Waals surface area contributed by atoms with Gasteiger partial charge in [-0.05, 0) is 43.3 Å². The normalized spacial score (nSPS) is 11.9. The summed E-state index contributed by atoms with van der Waals surface area (Å²) >= 11 is 1.52. The van der Waals surface area contributed by atoms with Crippen LogP contribution in [0.15, 0.2) is 53.5 Å². The first kappa shape index (κ1) is 12.7. The molecule has 0 amide bonds. The van der Waals surface area contributed by atoms with Gasteiger partial charge < -0.3 is 10.2 Å². The first-order chi connectivity index (χ1) is 9.65. The van der Waals surface area contributed by atoms with Crippen LogP contribution in [-0.4, -0.2) is 15.9 Å². The summed E-state index contributed by atoms with van der Waals surface area (Å²) in [5, 5.41) is 20.4. The maximum Gasteiger partial charge on any atom is 0.143 e. The molecule has 0 aliphatic rings. The lowest BCUT2D eigenvalue weighted by atomic mass is 10.2. The summed E-state index contributed by atoms with van der Waals surface area (Å²) in [4.78, 5) is 5.26. The van der Waals surface area contributed by atoms with E-state index in [1.54, 1.807) is 24.3 Å². The summed E-state index contributed by atoms with van der Waals surface area (Å²) < 4.78 is 1.04. The predicted octanol–water partition coefficient (Wildman–Crippen LogP) is 4.45. The van der Waals surface area contributed by atoms with Crippen molar-refractivity contribution in [3.05, 3.63) is 53.4 Å². The van der Waals surface area contributed by atoms with Crippen LogP contribution in [0, 0.1) is 0 Å². The molecule has 20 heavy (non-hydrogen) atoms. The van der Waals surface area contributed by atoms with Crippen molar-refractivity contribution >= 4 is 32.8 Å². The third-order valence-electron chi connectivity index (χ3n) is 3.04. The number of thiophene rings is 1. The molecule has 2 N–H and O–H groups in total. The fraction of sp³-hybridized carbons (Fsp3) is 0.0625. The van der Waals surface area contributed by atoms with E-state index in [0.29, 0.717) is 0 Å². The van der Waals surface area contributed by atoms with E-state index in [1.807, 2.05) is 31.2 Å². The van der Waals surface area contributed by atoms with Crippen LogP contribution in [-0.2, 0) is 0 Å². The highest BCUT2D eigenvalue weighted by atomic mass is 32.1. The first-order valence-electron chi connectivity index (χ1n) is 6.20. The molecule has 100 valence electrons. The van der Waals surface area contributed by atoms with Gasteiger partial charge in [0.1, 0.15) is 11.5 Å². The number of fused-ring (bicyclic) bond motifs is 1. The van der Waals surface area contributed by atoms with E-state index in [1.165, 1.54) is 11.3 Å². The Balaban J connectivity index is 2.05. The minimum absolute atomic E-state index is 0.214. The Bertz CT molecular complexity index is 788. The fourth-order valence-corrected chi connectivity index (χ4v) is 3.09. The van der Waals surface area contributed by atoms with E-state index in [2.05, 4.69) is 4.99 Å². The Labute approximate surface area is 120 Å². The molecule has 0 spiro atoms. The molecule has 0 radical (unpaired) electrons. The second-order valence-corrected chi connectivity index (χ2v) is 5.54. The standard InChI is InChI=1S/C16H13NO2S/c1-10(17-11-6-8-12(18)9-7-11)16-15(19)13-4-2-3-5-14(13)20-16/h2-9,18-19H,1H3. The molecular formula is C16H13NO2S. The summed E-state index contributed by atoms with van der Waals surface area (Å²) in [5.74, 6) is 0.497. The molecule has 0 unspecified atom stereocenters. The first-order valence-corrected chi connectivity index (χ1v) is 7.02. The molecule has 1 heterocycles. The molecule has 3 rings (SSSR count). The molecule has 0 bridgehead atoms. The van der Waals surface area contributed by atoms with Crippen LogP contribution >= 0.6 is 11.3 Å². The fourth-order valence-electron chi connectivity index (χ4n) is 2.05. The van der Waals surface area contributed by atoms with Crippen LogP contribution in [0.5, 0.6) is 11.5 Å². The number of phenols is 1. The number of hydrogen-bond acceptors (Lipinski definition) is 4. The Morgan fingerprint density at radius 3 is 2.40 bits per heavy atom. The molecule has 4 heteroatoms. The number of rotatable bonds is 2. The molecule has 0 saturated heterocycles. The number of benzene rings is 2. The third kappa shape index (κ3) is 2.26. The number of nitrogens with zero attached hydrogens (tertiary/aromatic N) is 1. The number of hydrogen-bond donors (Lipinski definition) is 2. The average molecular weight is 283 g/mol. The molecule has 0 saturated carbocycles. The van der Waals surface area contributed by atoms with Crippen LogP contribution in [0.1, 0.15) is 11.8 Å². The van der Waals surface area contributed by atoms with Crippen molar-refractivity contribution in [3.63, 3.8) is 0 Å². The lowest BCUT2D eigenvalue weighted by Gasteiger charge is -1.99. The smallest absolute Gasteiger partial charge is 0.143 e. The summed E-state index contributed by atoms with van der Waals surface area (Å²) in [5.41, 5.74) is 1.51. The van der Waals surface area contributed by atoms with E-state index in [0.717, 1.165) is 26.4 Å². The van der Waals surface area contributed by atoms with Gasteiger partial charge in [0.2, 0.25) is 0 Å². The zero-order valence-corrected chi connectivity index (χ0v) is 11.7. The minimum Gasteiger partial charge on any atom is -0.508 e. The zero-order chi connectivity index (χ0) is 14.1. The maximum atomic E-state index is 10.3. The topological polar surface area (TPSA) is 52.8 Å². The third-order valence-corrected chi connectivity index (χ3v) is 4.31. The summed E-state index contributed by atoms with van der Waals surface area (Å²) in [6, 6.07) is 14.4. The van der Waals surface area contributed by atoms with Gasteiger partial charge in [-0.2, -0.15) is 0 Å². The molecule has 3 nitrogen and oxygen atoms in total. The van der Waals surface area contributed by atoms with Crippen molar-refractivity contribution in [2.45, 2.75) is 6.92 Å². The van der Waals surface area contributed by atoms with Crippen LogP contribution in [0.4, 0.5) is 5.69 Å². The predicted molar refractivity (Wildman–Crippen MR) is 83.5 cm³/mol. The van der Waals surface area contributed by atoms with Gasteiger partial charge in [-0.25, -0.2) is 0 Å². The lowest BCUT2D eigenvalue weighted by molar-refractivity contribution is 0.475. The van der Waals surface area contributed by atoms with Crippen LogP contribution in [0.25, 0.3) is 10.1 Å². The van der Waals surface area contributed by atoms with E-state index in [4.69, 9.17) is 0 Å². The minimum atomic E-state index is 0.214. The Hall–Kier alpha value is -2.33. The molecule has 2 aromatic carbocycles. The van der Waals surface area contributed by atoms with Gasteiger partial charge in [-0.3, -0.25) is 4.99 Å². The van der Waals surface area contributed by atoms with Gasteiger partial charge in [-0.1, -0.05) is 12.1 Å². The largest absolute Gasteiger partial charge is 0.508 e. The highest BCUT2D eigenvalue weighted by Crippen LogP contribution is 2.37. The van der Waals surface area contributed by atoms with E-state index >= 15 is 0 Å². The van der Waals surface area contributed by atoms with Crippen LogP contribution in [0.3, 0.4) is 0 Å². The van der Waals surface area contributed by atoms with E-state index < -0.39 is 0 Å². The molecular weight excluding hydrogens is 270 g/mol. The van der Waals surface area contributed by atoms with Crippen molar-refractivity contribution in [3.8, 4) is 11.5 Å². The number of aliphatic imine (C=N–C) groups is 1. The Kier molecular flexibility index (Phi) is 3.16. The van der Waals surface area contributed by atoms with Crippen LogP contribution < -0.4 is 0 Å². The second-order valence-electron chi connectivity index (χ2n) is 4.49. The van der Waals surface area contributed by atoms with Gasteiger partial charge in [0, 0.05) is 10.1 Å². The SMILES string of the molecule is CC(=Nc1ccc(O)cc1)c1sc2ccccc2c1O. The number of phenolic OH excluding ortho intramolecular Hbond substituents is 1. The molecule has 0 fully saturated rings. The zero-order valence-electron chi connectivity index (χ0n) is 10.9. The molecule has 0 atom stereocenters. The van der Waals surface area contributed by atoms with Gasteiger partial charge >= 0.3 is 0 Å². The maximum absolute atomic E-state index is 10.3. The van der Waals surface area contributed by atoms with Crippen molar-refractivity contribution < 1.29 is 10.2 Å². The second kappa shape index (κ2) is 4.98. The van der Waals surface area contributed by atoms with E-state index in [-0.39, 0.29) is 11.5 Å². The van der Waals surface area contributed by atoms with Crippen molar-refractivity contribution in [2.75, 3.05) is 0 Å². The molecule has 3 aromatic rings. The van der Waals surface area contributed by atoms with E-state index in [9.17, 15) is 10.2 Å². The van der Waals surface area contributed by atoms with Crippen LogP contribution in [0.2, 0.25) is 0 Å². The monoisotopic (exact) mass is 283 g/mol. The van der Waals surface area contributed by atoms with Gasteiger partial charge in [-0.15, -0.1) is 11.3 Å². The molecule has 0 aliphatic heterocycles. The summed E-state index contributed by atoms with van der Waals surface area (Å²) in [7, 11) is 0. The Morgan fingerprint density at radius 2 is 1.70 bits per heavy atom. The van der Waals surface area contributed by atoms with Crippen molar-refractivity contribution in [1.82, 2.24) is 0 Å². The highest BCUT2D eigenvalue weighted by Gasteiger charge is 2.12. The Morgan fingerprint density at radius 1 is 1.00 bits per heavy atom. The molecule has 0 aliphatic carbocycles. The van der Waals surface area contributed by atoms with Crippen molar-refractivity contribution in [2.24, 2.45) is 4.99 Å². The number of aromatic hydroxyl groups is 2. The quantitative estimate of drug-likeness (QED) is 0.682.